The molecule has 0 amide bonds. The number of carbonyl (C=O) groups excluding carboxylic acids is 4. The number of ketones is 1. The molecular formula is C25H26O7. The van der Waals surface area contributed by atoms with Crippen molar-refractivity contribution >= 4 is 24.0 Å². The Bertz CT molecular complexity index is 1050. The normalized spacial score (nSPS) is 39.5. The van der Waals surface area contributed by atoms with Gasteiger partial charge in [0, 0.05) is 17.3 Å². The van der Waals surface area contributed by atoms with Crippen LogP contribution < -0.4 is 0 Å². The van der Waals surface area contributed by atoms with Gasteiger partial charge >= 0.3 is 11.9 Å². The number of ether oxygens (including phenoxy) is 2. The molecule has 4 aliphatic rings. The van der Waals surface area contributed by atoms with Gasteiger partial charge < -0.3 is 18.7 Å². The zero-order chi connectivity index (χ0) is 22.9. The molecule has 1 aromatic heterocycles. The summed E-state index contributed by atoms with van der Waals surface area (Å²) in [7, 11) is 0. The van der Waals surface area contributed by atoms with Crippen LogP contribution in [0.1, 0.15) is 43.7 Å². The maximum atomic E-state index is 13.7. The maximum Gasteiger partial charge on any atom is 0.374 e. The minimum absolute atomic E-state index is 0.00987. The standard InChI is InChI=1S/C25H26O7/c1-14-15-7-8-17-24(10-5-9-23(2,3)18(24)12-26)13-31-22(29)25(17,19(14)27)20(15)32-21(28)16-6-4-11-30-16/h4-6,10-12,15,17-18,20H,1,7-9,13H2,2-3H3/t15-,17-,18+,20+,24+,25-/m0/s1. The van der Waals surface area contributed by atoms with Gasteiger partial charge in [-0.1, -0.05) is 32.6 Å². The predicted molar refractivity (Wildman–Crippen MR) is 111 cm³/mol. The van der Waals surface area contributed by atoms with Crippen molar-refractivity contribution in [2.45, 2.75) is 39.2 Å². The number of esters is 2. The van der Waals surface area contributed by atoms with Crippen LogP contribution in [0.5, 0.6) is 0 Å². The molecule has 6 atom stereocenters. The third kappa shape index (κ3) is 2.42. The monoisotopic (exact) mass is 438 g/mol. The summed E-state index contributed by atoms with van der Waals surface area (Å²) in [5, 5.41) is 0. The van der Waals surface area contributed by atoms with Gasteiger partial charge in [-0.15, -0.1) is 0 Å². The van der Waals surface area contributed by atoms with Crippen molar-refractivity contribution in [3.8, 4) is 0 Å². The summed E-state index contributed by atoms with van der Waals surface area (Å²) >= 11 is 0. The zero-order valence-electron chi connectivity index (χ0n) is 18.2. The Morgan fingerprint density at radius 3 is 2.75 bits per heavy atom. The minimum Gasteiger partial charge on any atom is -0.464 e. The summed E-state index contributed by atoms with van der Waals surface area (Å²) < 4.78 is 16.7. The number of allylic oxidation sites excluding steroid dienone is 1. The molecule has 2 bridgehead atoms. The van der Waals surface area contributed by atoms with E-state index in [9.17, 15) is 19.2 Å². The molecule has 0 radical (unpaired) electrons. The molecule has 1 aliphatic heterocycles. The Kier molecular flexibility index (Phi) is 4.42. The first kappa shape index (κ1) is 20.9. The fourth-order valence-corrected chi connectivity index (χ4v) is 6.84. The van der Waals surface area contributed by atoms with Crippen LogP contribution in [-0.4, -0.2) is 36.7 Å². The molecule has 7 nitrogen and oxygen atoms in total. The molecule has 5 rings (SSSR count). The quantitative estimate of drug-likeness (QED) is 0.235. The number of carbonyl (C=O) groups is 4. The number of fused-ring (bicyclic) bond motifs is 2. The lowest BCUT2D eigenvalue weighted by Crippen LogP contribution is -2.66. The zero-order valence-corrected chi connectivity index (χ0v) is 18.2. The average Bonchev–Trinajstić information content (AvgIpc) is 3.33. The lowest BCUT2D eigenvalue weighted by molar-refractivity contribution is -0.211. The Morgan fingerprint density at radius 2 is 2.06 bits per heavy atom. The molecule has 2 heterocycles. The summed E-state index contributed by atoms with van der Waals surface area (Å²) in [5.74, 6) is -3.37. The number of cyclic esters (lactones) is 1. The fourth-order valence-electron chi connectivity index (χ4n) is 6.84. The van der Waals surface area contributed by atoms with Gasteiger partial charge in [-0.05, 0) is 48.3 Å². The Balaban J connectivity index is 1.66. The predicted octanol–water partition coefficient (Wildman–Crippen LogP) is 3.30. The summed E-state index contributed by atoms with van der Waals surface area (Å²) in [5.41, 5.74) is -2.66. The Hall–Kier alpha value is -2.96. The van der Waals surface area contributed by atoms with Crippen LogP contribution in [-0.2, 0) is 23.9 Å². The second-order valence-electron chi connectivity index (χ2n) is 10.2. The fraction of sp³-hybridized carbons (Fsp3) is 0.520. The van der Waals surface area contributed by atoms with E-state index in [0.29, 0.717) is 19.3 Å². The van der Waals surface area contributed by atoms with Crippen LogP contribution in [0.4, 0.5) is 0 Å². The van der Waals surface area contributed by atoms with E-state index in [1.54, 1.807) is 6.07 Å². The van der Waals surface area contributed by atoms with E-state index in [2.05, 4.69) is 6.58 Å². The number of rotatable bonds is 3. The van der Waals surface area contributed by atoms with Gasteiger partial charge in [0.15, 0.2) is 11.2 Å². The molecule has 2 saturated carbocycles. The summed E-state index contributed by atoms with van der Waals surface area (Å²) in [6, 6.07) is 3.03. The van der Waals surface area contributed by atoms with E-state index in [-0.39, 0.29) is 23.4 Å². The molecule has 2 spiro atoms. The molecule has 3 fully saturated rings. The van der Waals surface area contributed by atoms with Crippen LogP contribution in [0.25, 0.3) is 0 Å². The molecule has 0 N–H and O–H groups in total. The molecular weight excluding hydrogens is 412 g/mol. The summed E-state index contributed by atoms with van der Waals surface area (Å²) in [4.78, 5) is 52.3. The van der Waals surface area contributed by atoms with Crippen molar-refractivity contribution in [3.63, 3.8) is 0 Å². The highest BCUT2D eigenvalue weighted by molar-refractivity contribution is 6.16. The van der Waals surface area contributed by atoms with Crippen molar-refractivity contribution in [2.75, 3.05) is 6.61 Å². The van der Waals surface area contributed by atoms with Gasteiger partial charge in [0.2, 0.25) is 5.76 Å². The molecule has 168 valence electrons. The van der Waals surface area contributed by atoms with E-state index < -0.39 is 52.4 Å². The molecule has 1 saturated heterocycles. The SMILES string of the molecule is C=C1C(=O)[C@@]23C(=O)OC[C@]4(C=CCC(C)(C)[C@H]4C=O)[C@@H]2CC[C@@H]1[C@H]3OC(=O)c1ccco1. The van der Waals surface area contributed by atoms with Crippen molar-refractivity contribution < 1.29 is 33.1 Å². The van der Waals surface area contributed by atoms with Crippen LogP contribution in [0.2, 0.25) is 0 Å². The third-order valence-corrected chi connectivity index (χ3v) is 8.27. The number of hydrogen-bond donors (Lipinski definition) is 0. The summed E-state index contributed by atoms with van der Waals surface area (Å²) in [6.07, 6.45) is 6.96. The molecule has 32 heavy (non-hydrogen) atoms. The van der Waals surface area contributed by atoms with E-state index in [1.165, 1.54) is 12.3 Å². The number of aldehydes is 1. The Labute approximate surface area is 185 Å². The van der Waals surface area contributed by atoms with Crippen molar-refractivity contribution in [3.05, 3.63) is 48.5 Å². The van der Waals surface area contributed by atoms with E-state index in [1.807, 2.05) is 26.0 Å². The first-order valence-corrected chi connectivity index (χ1v) is 11.0. The smallest absolute Gasteiger partial charge is 0.374 e. The average molecular weight is 438 g/mol. The lowest BCUT2D eigenvalue weighted by atomic mass is 9.46. The van der Waals surface area contributed by atoms with Crippen LogP contribution in [0.15, 0.2) is 47.1 Å². The van der Waals surface area contributed by atoms with Gasteiger partial charge in [-0.3, -0.25) is 9.59 Å². The Morgan fingerprint density at radius 1 is 1.28 bits per heavy atom. The maximum absolute atomic E-state index is 13.7. The molecule has 0 aromatic carbocycles. The molecule has 1 aromatic rings. The topological polar surface area (TPSA) is 99.9 Å². The van der Waals surface area contributed by atoms with Crippen molar-refractivity contribution in [1.82, 2.24) is 0 Å². The number of Topliss-reactive ketones (excluding diaryl/α,β-unsaturated/α-hetero) is 1. The first-order valence-electron chi connectivity index (χ1n) is 11.0. The highest BCUT2D eigenvalue weighted by atomic mass is 16.6. The van der Waals surface area contributed by atoms with Gasteiger partial charge in [-0.2, -0.15) is 0 Å². The highest BCUT2D eigenvalue weighted by Crippen LogP contribution is 2.67. The van der Waals surface area contributed by atoms with Crippen molar-refractivity contribution in [1.29, 1.82) is 0 Å². The first-order chi connectivity index (χ1) is 15.2. The molecule has 7 heteroatoms. The van der Waals surface area contributed by atoms with Crippen LogP contribution >= 0.6 is 0 Å². The van der Waals surface area contributed by atoms with Crippen molar-refractivity contribution in [2.24, 2.45) is 34.0 Å². The molecule has 3 aliphatic carbocycles. The summed E-state index contributed by atoms with van der Waals surface area (Å²) in [6.45, 7) is 8.00. The van der Waals surface area contributed by atoms with E-state index in [0.717, 1.165) is 6.29 Å². The van der Waals surface area contributed by atoms with E-state index >= 15 is 0 Å². The molecule has 0 unspecified atom stereocenters. The van der Waals surface area contributed by atoms with Gasteiger partial charge in [0.1, 0.15) is 19.0 Å². The largest absolute Gasteiger partial charge is 0.464 e. The number of hydrogen-bond acceptors (Lipinski definition) is 7. The van der Waals surface area contributed by atoms with Gasteiger partial charge in [0.25, 0.3) is 0 Å². The highest BCUT2D eigenvalue weighted by Gasteiger charge is 2.76. The van der Waals surface area contributed by atoms with E-state index in [4.69, 9.17) is 13.9 Å². The minimum atomic E-state index is -1.71. The second-order valence-corrected chi connectivity index (χ2v) is 10.2. The van der Waals surface area contributed by atoms with Crippen LogP contribution in [0.3, 0.4) is 0 Å². The van der Waals surface area contributed by atoms with Gasteiger partial charge in [-0.25, -0.2) is 4.79 Å². The van der Waals surface area contributed by atoms with Crippen LogP contribution in [0, 0.1) is 34.0 Å². The van der Waals surface area contributed by atoms with Gasteiger partial charge in [0.05, 0.1) is 6.26 Å². The lowest BCUT2D eigenvalue weighted by Gasteiger charge is -2.58. The number of furan rings is 1. The second kappa shape index (κ2) is 6.77. The third-order valence-electron chi connectivity index (χ3n) is 8.27.